The Labute approximate surface area is 84.2 Å². The van der Waals surface area contributed by atoms with Gasteiger partial charge in [0.2, 0.25) is 5.62 Å². The second-order valence-corrected chi connectivity index (χ2v) is 3.99. The number of halogens is 1. The number of imidazole rings is 1. The molecule has 0 fully saturated rings. The fraction of sp³-hybridized carbons (Fsp3) is 0.222. The van der Waals surface area contributed by atoms with Crippen molar-refractivity contribution in [1.29, 1.82) is 5.41 Å². The highest BCUT2D eigenvalue weighted by Crippen LogP contribution is 2.17. The Morgan fingerprint density at radius 2 is 1.77 bits per heavy atom. The van der Waals surface area contributed by atoms with Crippen LogP contribution in [0.15, 0.2) is 22.7 Å². The molecule has 3 nitrogen and oxygen atoms in total. The van der Waals surface area contributed by atoms with Crippen LogP contribution in [0, 0.1) is 5.41 Å². The van der Waals surface area contributed by atoms with Crippen molar-refractivity contribution in [3.63, 3.8) is 0 Å². The Morgan fingerprint density at radius 1 is 1.15 bits per heavy atom. The van der Waals surface area contributed by atoms with Gasteiger partial charge in [-0.25, -0.2) is 0 Å². The SMILES string of the molecule is Cn1c(=N)n(C)c2cc(Br)ccc21. The fourth-order valence-corrected chi connectivity index (χ4v) is 1.85. The normalized spacial score (nSPS) is 11.0. The Bertz CT molecular complexity index is 521. The van der Waals surface area contributed by atoms with E-state index in [0.29, 0.717) is 5.62 Å². The van der Waals surface area contributed by atoms with Crippen molar-refractivity contribution < 1.29 is 0 Å². The lowest BCUT2D eigenvalue weighted by Crippen LogP contribution is -2.19. The second kappa shape index (κ2) is 2.73. The number of rotatable bonds is 0. The molecule has 0 amide bonds. The molecule has 1 N–H and O–H groups in total. The van der Waals surface area contributed by atoms with E-state index in [9.17, 15) is 0 Å². The van der Waals surface area contributed by atoms with Crippen LogP contribution in [-0.2, 0) is 14.1 Å². The van der Waals surface area contributed by atoms with Crippen molar-refractivity contribution in [2.75, 3.05) is 0 Å². The molecule has 0 aliphatic heterocycles. The summed E-state index contributed by atoms with van der Waals surface area (Å²) in [5.74, 6) is 0. The maximum absolute atomic E-state index is 7.75. The second-order valence-electron chi connectivity index (χ2n) is 3.07. The van der Waals surface area contributed by atoms with Crippen LogP contribution in [0.3, 0.4) is 0 Å². The van der Waals surface area contributed by atoms with Crippen LogP contribution in [0.4, 0.5) is 0 Å². The Hall–Kier alpha value is -1.03. The number of hydrogen-bond donors (Lipinski definition) is 1. The molecule has 1 aromatic heterocycles. The molecule has 0 aliphatic rings. The van der Waals surface area contributed by atoms with Crippen LogP contribution in [0.25, 0.3) is 11.0 Å². The van der Waals surface area contributed by atoms with E-state index in [1.54, 1.807) is 0 Å². The summed E-state index contributed by atoms with van der Waals surface area (Å²) in [4.78, 5) is 0. The topological polar surface area (TPSA) is 33.7 Å². The monoisotopic (exact) mass is 239 g/mol. The van der Waals surface area contributed by atoms with Crippen molar-refractivity contribution in [2.45, 2.75) is 0 Å². The van der Waals surface area contributed by atoms with Gasteiger partial charge in [-0.05, 0) is 18.2 Å². The zero-order valence-electron chi connectivity index (χ0n) is 7.50. The predicted octanol–water partition coefficient (Wildman–Crippen LogP) is 1.76. The zero-order chi connectivity index (χ0) is 9.59. The number of fused-ring (bicyclic) bond motifs is 1. The van der Waals surface area contributed by atoms with Gasteiger partial charge < -0.3 is 9.13 Å². The largest absolute Gasteiger partial charge is 0.313 e. The molecule has 1 heterocycles. The van der Waals surface area contributed by atoms with Crippen LogP contribution < -0.4 is 5.62 Å². The zero-order valence-corrected chi connectivity index (χ0v) is 9.09. The average molecular weight is 240 g/mol. The minimum absolute atomic E-state index is 0.508. The lowest BCUT2D eigenvalue weighted by atomic mass is 10.3. The van der Waals surface area contributed by atoms with Crippen molar-refractivity contribution in [3.05, 3.63) is 28.3 Å². The molecule has 0 saturated heterocycles. The van der Waals surface area contributed by atoms with Gasteiger partial charge in [-0.1, -0.05) is 15.9 Å². The van der Waals surface area contributed by atoms with Crippen molar-refractivity contribution in [3.8, 4) is 0 Å². The summed E-state index contributed by atoms with van der Waals surface area (Å²) in [6.07, 6.45) is 0. The van der Waals surface area contributed by atoms with Crippen LogP contribution >= 0.6 is 15.9 Å². The minimum Gasteiger partial charge on any atom is -0.313 e. The lowest BCUT2D eigenvalue weighted by Gasteiger charge is -1.94. The van der Waals surface area contributed by atoms with Crippen molar-refractivity contribution in [2.24, 2.45) is 14.1 Å². The predicted molar refractivity (Wildman–Crippen MR) is 55.4 cm³/mol. The van der Waals surface area contributed by atoms with Crippen LogP contribution in [-0.4, -0.2) is 9.13 Å². The molecule has 1 aromatic carbocycles. The van der Waals surface area contributed by atoms with Gasteiger partial charge in [0.1, 0.15) is 0 Å². The number of aromatic nitrogens is 2. The lowest BCUT2D eigenvalue weighted by molar-refractivity contribution is 0.742. The summed E-state index contributed by atoms with van der Waals surface area (Å²) in [5, 5.41) is 7.75. The van der Waals surface area contributed by atoms with E-state index in [1.165, 1.54) is 0 Å². The smallest absolute Gasteiger partial charge is 0.202 e. The molecule has 0 aliphatic carbocycles. The van der Waals surface area contributed by atoms with Crippen LogP contribution in [0.2, 0.25) is 0 Å². The van der Waals surface area contributed by atoms with Gasteiger partial charge in [-0.3, -0.25) is 5.41 Å². The first-order chi connectivity index (χ1) is 6.11. The Balaban J connectivity index is 3.04. The Kier molecular flexibility index (Phi) is 1.80. The number of nitrogens with one attached hydrogen (secondary N) is 1. The maximum atomic E-state index is 7.75. The third-order valence-corrected chi connectivity index (χ3v) is 2.79. The molecular formula is C9H10BrN3. The average Bonchev–Trinajstić information content (AvgIpc) is 2.32. The minimum atomic E-state index is 0.508. The number of hydrogen-bond acceptors (Lipinski definition) is 1. The third kappa shape index (κ3) is 1.13. The van der Waals surface area contributed by atoms with E-state index >= 15 is 0 Å². The summed E-state index contributed by atoms with van der Waals surface area (Å²) in [6.45, 7) is 0. The highest BCUT2D eigenvalue weighted by Gasteiger charge is 2.04. The highest BCUT2D eigenvalue weighted by molar-refractivity contribution is 9.10. The molecule has 0 saturated carbocycles. The van der Waals surface area contributed by atoms with E-state index in [2.05, 4.69) is 15.9 Å². The van der Waals surface area contributed by atoms with Crippen LogP contribution in [0.5, 0.6) is 0 Å². The van der Waals surface area contributed by atoms with E-state index in [4.69, 9.17) is 5.41 Å². The first kappa shape index (κ1) is 8.56. The van der Waals surface area contributed by atoms with E-state index in [0.717, 1.165) is 15.5 Å². The molecule has 2 rings (SSSR count). The third-order valence-electron chi connectivity index (χ3n) is 2.30. The Morgan fingerprint density at radius 3 is 2.46 bits per heavy atom. The van der Waals surface area contributed by atoms with Gasteiger partial charge in [0.25, 0.3) is 0 Å². The maximum Gasteiger partial charge on any atom is 0.202 e. The van der Waals surface area contributed by atoms with Crippen molar-refractivity contribution in [1.82, 2.24) is 9.13 Å². The number of aryl methyl sites for hydroxylation is 2. The van der Waals surface area contributed by atoms with Crippen LogP contribution in [0.1, 0.15) is 0 Å². The van der Waals surface area contributed by atoms with Gasteiger partial charge in [0.05, 0.1) is 11.0 Å². The van der Waals surface area contributed by atoms with Gasteiger partial charge in [-0.2, -0.15) is 0 Å². The summed E-state index contributed by atoms with van der Waals surface area (Å²) in [5.41, 5.74) is 2.66. The molecule has 0 spiro atoms. The van der Waals surface area contributed by atoms with Gasteiger partial charge in [-0.15, -0.1) is 0 Å². The molecule has 2 aromatic rings. The summed E-state index contributed by atoms with van der Waals surface area (Å²) >= 11 is 3.42. The number of nitrogens with zero attached hydrogens (tertiary/aromatic N) is 2. The molecule has 0 radical (unpaired) electrons. The van der Waals surface area contributed by atoms with Gasteiger partial charge in [0.15, 0.2) is 0 Å². The molecule has 4 heteroatoms. The fourth-order valence-electron chi connectivity index (χ4n) is 1.50. The molecule has 68 valence electrons. The van der Waals surface area contributed by atoms with Gasteiger partial charge in [0, 0.05) is 18.6 Å². The number of benzene rings is 1. The van der Waals surface area contributed by atoms with E-state index in [1.807, 2.05) is 41.4 Å². The first-order valence-corrected chi connectivity index (χ1v) is 4.76. The van der Waals surface area contributed by atoms with E-state index in [-0.39, 0.29) is 0 Å². The first-order valence-electron chi connectivity index (χ1n) is 3.97. The highest BCUT2D eigenvalue weighted by atomic mass is 79.9. The van der Waals surface area contributed by atoms with Crippen molar-refractivity contribution >= 4 is 27.0 Å². The summed E-state index contributed by atoms with van der Waals surface area (Å²) in [6, 6.07) is 6.02. The van der Waals surface area contributed by atoms with Gasteiger partial charge >= 0.3 is 0 Å². The van der Waals surface area contributed by atoms with E-state index < -0.39 is 0 Å². The molecular weight excluding hydrogens is 230 g/mol. The standard InChI is InChI=1S/C9H10BrN3/c1-12-7-4-3-6(10)5-8(7)13(2)9(12)11/h3-5,11H,1-2H3. The quantitative estimate of drug-likeness (QED) is 0.728. The summed E-state index contributed by atoms with van der Waals surface area (Å²) < 4.78 is 4.77. The molecule has 0 atom stereocenters. The molecule has 0 bridgehead atoms. The molecule has 13 heavy (non-hydrogen) atoms. The summed E-state index contributed by atoms with van der Waals surface area (Å²) in [7, 11) is 3.80. The molecule has 0 unspecified atom stereocenters.